The Bertz CT molecular complexity index is 567. The Morgan fingerprint density at radius 3 is 2.67 bits per heavy atom. The van der Waals surface area contributed by atoms with Crippen molar-refractivity contribution < 1.29 is 9.90 Å². The van der Waals surface area contributed by atoms with Gasteiger partial charge in [0.25, 0.3) is 0 Å². The van der Waals surface area contributed by atoms with Gasteiger partial charge in [0.05, 0.1) is 12.5 Å². The van der Waals surface area contributed by atoms with E-state index in [0.29, 0.717) is 19.4 Å². The molecule has 110 valence electrons. The quantitative estimate of drug-likeness (QED) is 0.854. The minimum absolute atomic E-state index is 0.0547. The van der Waals surface area contributed by atoms with Crippen LogP contribution in [0.15, 0.2) is 48.7 Å². The van der Waals surface area contributed by atoms with Crippen molar-refractivity contribution in [2.75, 3.05) is 6.54 Å². The number of rotatable bonds is 6. The Balaban J connectivity index is 1.73. The molecule has 1 aromatic carbocycles. The number of aliphatic hydroxyl groups is 1. The summed E-state index contributed by atoms with van der Waals surface area (Å²) in [7, 11) is 0. The van der Waals surface area contributed by atoms with Crippen molar-refractivity contribution in [1.82, 2.24) is 10.3 Å². The second kappa shape index (κ2) is 7.55. The highest BCUT2D eigenvalue weighted by atomic mass is 16.3. The van der Waals surface area contributed by atoms with Gasteiger partial charge in [-0.15, -0.1) is 0 Å². The molecule has 2 N–H and O–H groups in total. The fourth-order valence-electron chi connectivity index (χ4n) is 2.04. The molecular formula is C17H20N2O2. The summed E-state index contributed by atoms with van der Waals surface area (Å²) < 4.78 is 0. The Labute approximate surface area is 124 Å². The third kappa shape index (κ3) is 5.00. The van der Waals surface area contributed by atoms with Crippen molar-refractivity contribution in [3.05, 3.63) is 65.5 Å². The number of carbonyl (C=O) groups excluding carboxylic acids is 1. The van der Waals surface area contributed by atoms with Gasteiger partial charge in [0.2, 0.25) is 5.91 Å². The van der Waals surface area contributed by atoms with Crippen LogP contribution in [0.1, 0.15) is 29.3 Å². The van der Waals surface area contributed by atoms with Crippen LogP contribution < -0.4 is 5.32 Å². The van der Waals surface area contributed by atoms with Gasteiger partial charge in [0.15, 0.2) is 0 Å². The molecule has 0 aliphatic rings. The topological polar surface area (TPSA) is 62.2 Å². The first-order valence-electron chi connectivity index (χ1n) is 7.06. The molecule has 0 aliphatic carbocycles. The van der Waals surface area contributed by atoms with Crippen molar-refractivity contribution in [2.24, 2.45) is 0 Å². The lowest BCUT2D eigenvalue weighted by atomic mass is 10.1. The summed E-state index contributed by atoms with van der Waals surface area (Å²) in [5.74, 6) is -0.0547. The lowest BCUT2D eigenvalue weighted by Crippen LogP contribution is -2.27. The standard InChI is InChI=1S/C17H20N2O2/c1-13-7-8-14(12-19-13)11-17(21)18-10-9-16(20)15-5-3-2-4-6-15/h2-8,12,16,20H,9-11H2,1H3,(H,18,21). The molecule has 0 saturated heterocycles. The average molecular weight is 284 g/mol. The first kappa shape index (κ1) is 15.2. The third-order valence-electron chi connectivity index (χ3n) is 3.26. The highest BCUT2D eigenvalue weighted by Crippen LogP contribution is 2.14. The second-order valence-electron chi connectivity index (χ2n) is 5.05. The number of nitrogens with zero attached hydrogens (tertiary/aromatic N) is 1. The van der Waals surface area contributed by atoms with Gasteiger partial charge in [-0.1, -0.05) is 36.4 Å². The number of nitrogens with one attached hydrogen (secondary N) is 1. The summed E-state index contributed by atoms with van der Waals surface area (Å²) in [6.45, 7) is 2.36. The van der Waals surface area contributed by atoms with E-state index in [2.05, 4.69) is 10.3 Å². The fraction of sp³-hybridized carbons (Fsp3) is 0.294. The van der Waals surface area contributed by atoms with Crippen LogP contribution in [0.2, 0.25) is 0 Å². The molecule has 0 aliphatic heterocycles. The number of carbonyl (C=O) groups is 1. The molecule has 2 rings (SSSR count). The molecule has 21 heavy (non-hydrogen) atoms. The van der Waals surface area contributed by atoms with Crippen LogP contribution in [0.3, 0.4) is 0 Å². The maximum Gasteiger partial charge on any atom is 0.224 e. The zero-order valence-corrected chi connectivity index (χ0v) is 12.1. The number of hydrogen-bond acceptors (Lipinski definition) is 3. The summed E-state index contributed by atoms with van der Waals surface area (Å²) in [4.78, 5) is 16.0. The normalized spacial score (nSPS) is 11.9. The smallest absolute Gasteiger partial charge is 0.224 e. The molecule has 0 fully saturated rings. The number of aliphatic hydroxyl groups excluding tert-OH is 1. The minimum atomic E-state index is -0.549. The number of amides is 1. The second-order valence-corrected chi connectivity index (χ2v) is 5.05. The molecule has 1 heterocycles. The third-order valence-corrected chi connectivity index (χ3v) is 3.26. The van der Waals surface area contributed by atoms with Crippen molar-refractivity contribution in [2.45, 2.75) is 25.9 Å². The molecule has 0 saturated carbocycles. The molecule has 1 amide bonds. The van der Waals surface area contributed by atoms with Crippen LogP contribution in [0.5, 0.6) is 0 Å². The Morgan fingerprint density at radius 1 is 1.24 bits per heavy atom. The Kier molecular flexibility index (Phi) is 5.46. The van der Waals surface area contributed by atoms with Crippen molar-refractivity contribution in [3.8, 4) is 0 Å². The first-order chi connectivity index (χ1) is 10.1. The molecular weight excluding hydrogens is 264 g/mol. The highest BCUT2D eigenvalue weighted by Gasteiger charge is 2.08. The van der Waals surface area contributed by atoms with Crippen LogP contribution in [0.25, 0.3) is 0 Å². The number of aromatic nitrogens is 1. The van der Waals surface area contributed by atoms with Crippen LogP contribution >= 0.6 is 0 Å². The fourth-order valence-corrected chi connectivity index (χ4v) is 2.04. The predicted octanol–water partition coefficient (Wildman–Crippen LogP) is 2.17. The maximum absolute atomic E-state index is 11.8. The minimum Gasteiger partial charge on any atom is -0.388 e. The van der Waals surface area contributed by atoms with Gasteiger partial charge in [-0.25, -0.2) is 0 Å². The van der Waals surface area contributed by atoms with Crippen LogP contribution in [-0.4, -0.2) is 22.5 Å². The van der Waals surface area contributed by atoms with Crippen LogP contribution in [0.4, 0.5) is 0 Å². The Morgan fingerprint density at radius 2 is 2.00 bits per heavy atom. The summed E-state index contributed by atoms with van der Waals surface area (Å²) in [5, 5.41) is 12.8. The average Bonchev–Trinajstić information content (AvgIpc) is 2.50. The van der Waals surface area contributed by atoms with E-state index in [9.17, 15) is 9.90 Å². The molecule has 4 nitrogen and oxygen atoms in total. The van der Waals surface area contributed by atoms with Crippen molar-refractivity contribution >= 4 is 5.91 Å². The van der Waals surface area contributed by atoms with Crippen molar-refractivity contribution in [3.63, 3.8) is 0 Å². The molecule has 1 unspecified atom stereocenters. The van der Waals surface area contributed by atoms with Crippen LogP contribution in [0, 0.1) is 6.92 Å². The van der Waals surface area contributed by atoms with Gasteiger partial charge < -0.3 is 10.4 Å². The van der Waals surface area contributed by atoms with Gasteiger partial charge in [-0.05, 0) is 30.5 Å². The predicted molar refractivity (Wildman–Crippen MR) is 81.7 cm³/mol. The van der Waals surface area contributed by atoms with Gasteiger partial charge in [-0.3, -0.25) is 9.78 Å². The summed E-state index contributed by atoms with van der Waals surface area (Å²) in [6.07, 6.45) is 1.98. The Hall–Kier alpha value is -2.20. The number of hydrogen-bond donors (Lipinski definition) is 2. The lowest BCUT2D eigenvalue weighted by Gasteiger charge is -2.11. The number of pyridine rings is 1. The number of aryl methyl sites for hydroxylation is 1. The van der Waals surface area contributed by atoms with Crippen LogP contribution in [-0.2, 0) is 11.2 Å². The van der Waals surface area contributed by atoms with E-state index < -0.39 is 6.10 Å². The monoisotopic (exact) mass is 284 g/mol. The van der Waals surface area contributed by atoms with E-state index in [0.717, 1.165) is 16.8 Å². The molecule has 0 radical (unpaired) electrons. The molecule has 4 heteroatoms. The maximum atomic E-state index is 11.8. The zero-order valence-electron chi connectivity index (χ0n) is 12.1. The highest BCUT2D eigenvalue weighted by molar-refractivity contribution is 5.78. The van der Waals surface area contributed by atoms with Gasteiger partial charge in [-0.2, -0.15) is 0 Å². The first-order valence-corrected chi connectivity index (χ1v) is 7.06. The van der Waals surface area contributed by atoms with E-state index in [1.165, 1.54) is 0 Å². The SMILES string of the molecule is Cc1ccc(CC(=O)NCCC(O)c2ccccc2)cn1. The van der Waals surface area contributed by atoms with Gasteiger partial charge in [0.1, 0.15) is 0 Å². The van der Waals surface area contributed by atoms with E-state index in [1.54, 1.807) is 6.20 Å². The van der Waals surface area contributed by atoms with E-state index in [-0.39, 0.29) is 5.91 Å². The molecule has 1 atom stereocenters. The molecule has 1 aromatic heterocycles. The summed E-state index contributed by atoms with van der Waals surface area (Å²) >= 11 is 0. The largest absolute Gasteiger partial charge is 0.388 e. The van der Waals surface area contributed by atoms with E-state index in [4.69, 9.17) is 0 Å². The molecule has 2 aromatic rings. The van der Waals surface area contributed by atoms with E-state index in [1.807, 2.05) is 49.4 Å². The van der Waals surface area contributed by atoms with Gasteiger partial charge >= 0.3 is 0 Å². The molecule has 0 spiro atoms. The summed E-state index contributed by atoms with van der Waals surface area (Å²) in [5.41, 5.74) is 2.70. The number of benzene rings is 1. The van der Waals surface area contributed by atoms with Gasteiger partial charge in [0, 0.05) is 18.4 Å². The van der Waals surface area contributed by atoms with E-state index >= 15 is 0 Å². The molecule has 0 bridgehead atoms. The zero-order chi connectivity index (χ0) is 15.1. The van der Waals surface area contributed by atoms with Crippen molar-refractivity contribution in [1.29, 1.82) is 0 Å². The lowest BCUT2D eigenvalue weighted by molar-refractivity contribution is -0.120. The summed E-state index contributed by atoms with van der Waals surface area (Å²) in [6, 6.07) is 13.2.